The van der Waals surface area contributed by atoms with E-state index in [0.29, 0.717) is 10.8 Å². The number of aryl methyl sites for hydroxylation is 1. The molecular formula is C23H33N5O2S. The molecule has 31 heavy (non-hydrogen) atoms. The first-order valence-electron chi connectivity index (χ1n) is 11.2. The van der Waals surface area contributed by atoms with Gasteiger partial charge >= 0.3 is 6.03 Å². The third-order valence-corrected chi connectivity index (χ3v) is 6.47. The Morgan fingerprint density at radius 3 is 2.55 bits per heavy atom. The van der Waals surface area contributed by atoms with Gasteiger partial charge in [0.15, 0.2) is 5.13 Å². The number of amides is 3. The van der Waals surface area contributed by atoms with Crippen molar-refractivity contribution in [2.24, 2.45) is 0 Å². The van der Waals surface area contributed by atoms with Crippen molar-refractivity contribution in [2.45, 2.75) is 65.3 Å². The van der Waals surface area contributed by atoms with E-state index in [0.717, 1.165) is 42.9 Å². The van der Waals surface area contributed by atoms with Crippen molar-refractivity contribution in [1.29, 1.82) is 0 Å². The molecule has 1 aromatic carbocycles. The van der Waals surface area contributed by atoms with Gasteiger partial charge in [-0.3, -0.25) is 10.1 Å². The van der Waals surface area contributed by atoms with Crippen LogP contribution >= 0.6 is 11.3 Å². The summed E-state index contributed by atoms with van der Waals surface area (Å²) in [5.41, 5.74) is 3.63. The summed E-state index contributed by atoms with van der Waals surface area (Å²) in [6, 6.07) is 6.10. The van der Waals surface area contributed by atoms with Crippen molar-refractivity contribution in [3.8, 4) is 0 Å². The molecule has 0 unspecified atom stereocenters. The third-order valence-electron chi connectivity index (χ3n) is 5.67. The summed E-state index contributed by atoms with van der Waals surface area (Å²) < 4.78 is 0. The van der Waals surface area contributed by atoms with E-state index in [2.05, 4.69) is 45.7 Å². The van der Waals surface area contributed by atoms with E-state index >= 15 is 0 Å². The summed E-state index contributed by atoms with van der Waals surface area (Å²) in [5, 5.41) is 11.1. The van der Waals surface area contributed by atoms with Gasteiger partial charge in [-0.15, -0.1) is 11.3 Å². The molecule has 0 bridgehead atoms. The van der Waals surface area contributed by atoms with Crippen LogP contribution in [0.1, 0.15) is 57.2 Å². The Morgan fingerprint density at radius 2 is 1.87 bits per heavy atom. The Hall–Kier alpha value is -2.61. The first-order valence-corrected chi connectivity index (χ1v) is 12.0. The predicted octanol–water partition coefficient (Wildman–Crippen LogP) is 4.93. The van der Waals surface area contributed by atoms with Gasteiger partial charge in [-0.1, -0.05) is 19.3 Å². The Balaban J connectivity index is 1.51. The molecule has 0 saturated heterocycles. The summed E-state index contributed by atoms with van der Waals surface area (Å²) >= 11 is 1.33. The van der Waals surface area contributed by atoms with E-state index < -0.39 is 0 Å². The molecule has 2 aromatic rings. The number of carbonyl (C=O) groups excluding carboxylic acids is 2. The van der Waals surface area contributed by atoms with Crippen LogP contribution in [0.15, 0.2) is 23.6 Å². The predicted molar refractivity (Wildman–Crippen MR) is 128 cm³/mol. The first-order chi connectivity index (χ1) is 15.0. The van der Waals surface area contributed by atoms with Gasteiger partial charge in [0, 0.05) is 35.9 Å². The summed E-state index contributed by atoms with van der Waals surface area (Å²) in [6.45, 7) is 8.15. The van der Waals surface area contributed by atoms with E-state index in [1.165, 1.54) is 30.6 Å². The highest BCUT2D eigenvalue weighted by atomic mass is 32.1. The van der Waals surface area contributed by atoms with Gasteiger partial charge in [0.25, 0.3) is 0 Å². The van der Waals surface area contributed by atoms with Crippen molar-refractivity contribution in [3.05, 3.63) is 34.8 Å². The fourth-order valence-electron chi connectivity index (χ4n) is 3.94. The average molecular weight is 444 g/mol. The number of thiazole rings is 1. The van der Waals surface area contributed by atoms with Crippen LogP contribution in [0.3, 0.4) is 0 Å². The van der Waals surface area contributed by atoms with Gasteiger partial charge in [-0.25, -0.2) is 9.78 Å². The van der Waals surface area contributed by atoms with Gasteiger partial charge in [0.1, 0.15) is 0 Å². The van der Waals surface area contributed by atoms with Crippen LogP contribution < -0.4 is 20.9 Å². The third kappa shape index (κ3) is 6.69. The monoisotopic (exact) mass is 443 g/mol. The van der Waals surface area contributed by atoms with Crippen LogP contribution in [-0.4, -0.2) is 36.1 Å². The number of anilines is 3. The van der Waals surface area contributed by atoms with Gasteiger partial charge < -0.3 is 15.5 Å². The highest BCUT2D eigenvalue weighted by Gasteiger charge is 2.17. The molecule has 3 amide bonds. The summed E-state index contributed by atoms with van der Waals surface area (Å²) in [6.07, 6.45) is 5.81. The van der Waals surface area contributed by atoms with Crippen molar-refractivity contribution in [2.75, 3.05) is 28.6 Å². The van der Waals surface area contributed by atoms with Crippen LogP contribution in [0.5, 0.6) is 0 Å². The zero-order valence-electron chi connectivity index (χ0n) is 18.7. The van der Waals surface area contributed by atoms with E-state index in [1.54, 1.807) is 0 Å². The van der Waals surface area contributed by atoms with Crippen molar-refractivity contribution >= 4 is 39.8 Å². The summed E-state index contributed by atoms with van der Waals surface area (Å²) in [7, 11) is 0. The normalized spacial score (nSPS) is 14.2. The Morgan fingerprint density at radius 1 is 1.13 bits per heavy atom. The SMILES string of the molecule is CCN(CC)c1ccc(NC(=O)Cc2csc(NC(=O)NC3CCCCC3)n2)c(C)c1. The molecule has 0 aliphatic heterocycles. The molecule has 0 atom stereocenters. The average Bonchev–Trinajstić information content (AvgIpc) is 3.18. The number of aromatic nitrogens is 1. The quantitative estimate of drug-likeness (QED) is 0.540. The fraction of sp³-hybridized carbons (Fsp3) is 0.522. The second kappa shape index (κ2) is 11.1. The largest absolute Gasteiger partial charge is 0.372 e. The number of carbonyl (C=O) groups is 2. The lowest BCUT2D eigenvalue weighted by molar-refractivity contribution is -0.115. The highest BCUT2D eigenvalue weighted by molar-refractivity contribution is 7.13. The number of hydrogen-bond donors (Lipinski definition) is 3. The van der Waals surface area contributed by atoms with E-state index in [4.69, 9.17) is 0 Å². The molecule has 1 saturated carbocycles. The second-order valence-electron chi connectivity index (χ2n) is 7.97. The second-order valence-corrected chi connectivity index (χ2v) is 8.83. The molecule has 1 aliphatic rings. The fourth-order valence-corrected chi connectivity index (χ4v) is 4.65. The van der Waals surface area contributed by atoms with E-state index in [-0.39, 0.29) is 24.4 Å². The molecule has 8 heteroatoms. The summed E-state index contributed by atoms with van der Waals surface area (Å²) in [5.74, 6) is -0.123. The molecule has 3 N–H and O–H groups in total. The molecule has 0 spiro atoms. The molecule has 0 radical (unpaired) electrons. The standard InChI is InChI=1S/C23H33N5O2S/c1-4-28(5-2)19-11-12-20(16(3)13-19)26-21(29)14-18-15-31-23(25-18)27-22(30)24-17-9-7-6-8-10-17/h11-13,15,17H,4-10,14H2,1-3H3,(H,26,29)(H2,24,25,27,30). The maximum Gasteiger partial charge on any atom is 0.321 e. The lowest BCUT2D eigenvalue weighted by atomic mass is 9.96. The molecule has 1 aliphatic carbocycles. The van der Waals surface area contributed by atoms with Crippen LogP contribution in [0.25, 0.3) is 0 Å². The highest BCUT2D eigenvalue weighted by Crippen LogP contribution is 2.23. The van der Waals surface area contributed by atoms with E-state index in [1.807, 2.05) is 24.4 Å². The maximum atomic E-state index is 12.5. The Bertz CT molecular complexity index is 888. The molecule has 1 fully saturated rings. The smallest absolute Gasteiger partial charge is 0.321 e. The molecule has 1 heterocycles. The number of urea groups is 1. The first kappa shape index (κ1) is 23.1. The number of nitrogens with zero attached hydrogens (tertiary/aromatic N) is 2. The van der Waals surface area contributed by atoms with Crippen molar-refractivity contribution in [3.63, 3.8) is 0 Å². The minimum atomic E-state index is -0.221. The minimum absolute atomic E-state index is 0.123. The van der Waals surface area contributed by atoms with Crippen LogP contribution in [-0.2, 0) is 11.2 Å². The van der Waals surface area contributed by atoms with Crippen molar-refractivity contribution in [1.82, 2.24) is 10.3 Å². The number of nitrogens with one attached hydrogen (secondary N) is 3. The minimum Gasteiger partial charge on any atom is -0.372 e. The molecule has 3 rings (SSSR count). The zero-order valence-corrected chi connectivity index (χ0v) is 19.5. The van der Waals surface area contributed by atoms with Crippen LogP contribution in [0, 0.1) is 6.92 Å². The van der Waals surface area contributed by atoms with Gasteiger partial charge in [0.05, 0.1) is 12.1 Å². The molecule has 1 aromatic heterocycles. The zero-order chi connectivity index (χ0) is 22.2. The maximum absolute atomic E-state index is 12.5. The number of benzene rings is 1. The van der Waals surface area contributed by atoms with E-state index in [9.17, 15) is 9.59 Å². The molecule has 7 nitrogen and oxygen atoms in total. The summed E-state index contributed by atoms with van der Waals surface area (Å²) in [4.78, 5) is 31.3. The Labute approximate surface area is 188 Å². The number of rotatable bonds is 8. The van der Waals surface area contributed by atoms with Crippen molar-refractivity contribution < 1.29 is 9.59 Å². The van der Waals surface area contributed by atoms with Crippen LogP contribution in [0.2, 0.25) is 0 Å². The van der Waals surface area contributed by atoms with Gasteiger partial charge in [0.2, 0.25) is 5.91 Å². The molecule has 168 valence electrons. The van der Waals surface area contributed by atoms with Gasteiger partial charge in [-0.2, -0.15) is 0 Å². The van der Waals surface area contributed by atoms with Crippen LogP contribution in [0.4, 0.5) is 21.3 Å². The van der Waals surface area contributed by atoms with Gasteiger partial charge in [-0.05, 0) is 57.4 Å². The Kier molecular flexibility index (Phi) is 8.28. The topological polar surface area (TPSA) is 86.4 Å². The lowest BCUT2D eigenvalue weighted by Crippen LogP contribution is -2.39. The lowest BCUT2D eigenvalue weighted by Gasteiger charge is -2.22. The number of hydrogen-bond acceptors (Lipinski definition) is 5. The molecular weight excluding hydrogens is 410 g/mol.